The minimum atomic E-state index is -0.487. The molecular formula is C19H14N6O3S. The molecule has 0 unspecified atom stereocenters. The van der Waals surface area contributed by atoms with Crippen molar-refractivity contribution in [3.63, 3.8) is 0 Å². The number of aromatic nitrogens is 3. The Morgan fingerprint density at radius 3 is 2.66 bits per heavy atom. The van der Waals surface area contributed by atoms with Crippen molar-refractivity contribution < 1.29 is 9.72 Å². The van der Waals surface area contributed by atoms with Gasteiger partial charge in [0.1, 0.15) is 0 Å². The number of carbonyl (C=O) groups excluding carboxylic acids is 1. The lowest BCUT2D eigenvalue weighted by molar-refractivity contribution is -0.384. The van der Waals surface area contributed by atoms with E-state index in [1.807, 2.05) is 23.6 Å². The fourth-order valence-electron chi connectivity index (χ4n) is 2.67. The van der Waals surface area contributed by atoms with E-state index in [1.165, 1.54) is 35.1 Å². The van der Waals surface area contributed by atoms with Crippen LogP contribution in [-0.2, 0) is 0 Å². The van der Waals surface area contributed by atoms with Crippen molar-refractivity contribution >= 4 is 34.3 Å². The number of amides is 1. The lowest BCUT2D eigenvalue weighted by Crippen LogP contribution is -2.13. The van der Waals surface area contributed by atoms with Gasteiger partial charge in [-0.25, -0.2) is 4.68 Å². The number of hydrogen-bond acceptors (Lipinski definition) is 7. The number of anilines is 2. The van der Waals surface area contributed by atoms with E-state index in [9.17, 15) is 14.9 Å². The number of rotatable bonds is 5. The van der Waals surface area contributed by atoms with Crippen molar-refractivity contribution in [1.82, 2.24) is 15.0 Å². The first-order chi connectivity index (χ1) is 14.0. The normalized spacial score (nSPS) is 10.6. The number of thiophene rings is 1. The smallest absolute Gasteiger partial charge is 0.277 e. The minimum Gasteiger partial charge on any atom is -0.397 e. The summed E-state index contributed by atoms with van der Waals surface area (Å²) in [6, 6.07) is 15.1. The molecule has 9 nitrogen and oxygen atoms in total. The molecule has 0 fully saturated rings. The van der Waals surface area contributed by atoms with Gasteiger partial charge in [-0.05, 0) is 41.3 Å². The van der Waals surface area contributed by atoms with Crippen molar-refractivity contribution in [1.29, 1.82) is 0 Å². The van der Waals surface area contributed by atoms with E-state index in [0.29, 0.717) is 17.1 Å². The highest BCUT2D eigenvalue weighted by Crippen LogP contribution is 2.30. The van der Waals surface area contributed by atoms with Gasteiger partial charge in [-0.15, -0.1) is 16.4 Å². The number of nitro benzene ring substituents is 1. The lowest BCUT2D eigenvalue weighted by atomic mass is 10.1. The van der Waals surface area contributed by atoms with Gasteiger partial charge in [0, 0.05) is 17.0 Å². The highest BCUT2D eigenvalue weighted by atomic mass is 32.1. The van der Waals surface area contributed by atoms with E-state index in [0.717, 1.165) is 10.4 Å². The standard InChI is InChI=1S/C19H14N6O3S/c20-15-8-3-12(18-2-1-9-29-18)10-16(15)21-19(26)17-11-24(23-22-17)13-4-6-14(7-5-13)25(27)28/h1-11H,20H2,(H,21,26). The van der Waals surface area contributed by atoms with E-state index in [4.69, 9.17) is 5.73 Å². The molecule has 0 spiro atoms. The second kappa shape index (κ2) is 7.52. The second-order valence-corrected chi connectivity index (χ2v) is 7.00. The molecule has 4 aromatic rings. The zero-order valence-corrected chi connectivity index (χ0v) is 15.7. The molecule has 2 heterocycles. The largest absolute Gasteiger partial charge is 0.397 e. The maximum atomic E-state index is 12.6. The van der Waals surface area contributed by atoms with E-state index in [-0.39, 0.29) is 11.4 Å². The third-order valence-electron chi connectivity index (χ3n) is 4.16. The van der Waals surface area contributed by atoms with Gasteiger partial charge in [0.15, 0.2) is 5.69 Å². The summed E-state index contributed by atoms with van der Waals surface area (Å²) in [4.78, 5) is 23.9. The van der Waals surface area contributed by atoms with E-state index in [1.54, 1.807) is 23.5 Å². The topological polar surface area (TPSA) is 129 Å². The number of nitro groups is 1. The first kappa shape index (κ1) is 18.3. The monoisotopic (exact) mass is 406 g/mol. The number of nitrogen functional groups attached to an aromatic ring is 1. The Morgan fingerprint density at radius 2 is 1.97 bits per heavy atom. The molecule has 1 amide bonds. The molecule has 2 aromatic heterocycles. The van der Waals surface area contributed by atoms with Crippen LogP contribution in [-0.4, -0.2) is 25.8 Å². The predicted molar refractivity (Wildman–Crippen MR) is 110 cm³/mol. The summed E-state index contributed by atoms with van der Waals surface area (Å²) in [5.74, 6) is -0.465. The third kappa shape index (κ3) is 3.82. The highest BCUT2D eigenvalue weighted by Gasteiger charge is 2.15. The van der Waals surface area contributed by atoms with Crippen LogP contribution in [0.4, 0.5) is 17.1 Å². The molecule has 0 saturated carbocycles. The molecule has 4 rings (SSSR count). The van der Waals surface area contributed by atoms with Crippen LogP contribution in [0.3, 0.4) is 0 Å². The first-order valence-electron chi connectivity index (χ1n) is 8.43. The van der Waals surface area contributed by atoms with E-state index < -0.39 is 10.8 Å². The highest BCUT2D eigenvalue weighted by molar-refractivity contribution is 7.13. The zero-order valence-electron chi connectivity index (χ0n) is 14.9. The average Bonchev–Trinajstić information content (AvgIpc) is 3.42. The Bertz CT molecular complexity index is 1190. The average molecular weight is 406 g/mol. The maximum absolute atomic E-state index is 12.6. The van der Waals surface area contributed by atoms with Gasteiger partial charge in [0.25, 0.3) is 11.6 Å². The van der Waals surface area contributed by atoms with Crippen molar-refractivity contribution in [2.45, 2.75) is 0 Å². The molecule has 0 aliphatic carbocycles. The third-order valence-corrected chi connectivity index (χ3v) is 5.08. The van der Waals surface area contributed by atoms with Crippen LogP contribution >= 0.6 is 11.3 Å². The van der Waals surface area contributed by atoms with E-state index in [2.05, 4.69) is 15.6 Å². The molecule has 2 aromatic carbocycles. The molecule has 0 radical (unpaired) electrons. The molecule has 0 bridgehead atoms. The molecular weight excluding hydrogens is 392 g/mol. The number of carbonyl (C=O) groups is 1. The summed E-state index contributed by atoms with van der Waals surface area (Å²) in [6.45, 7) is 0. The molecule has 10 heteroatoms. The Labute approximate surface area is 168 Å². The van der Waals surface area contributed by atoms with Crippen LogP contribution in [0.15, 0.2) is 66.2 Å². The second-order valence-electron chi connectivity index (χ2n) is 6.06. The molecule has 0 saturated heterocycles. The van der Waals surface area contributed by atoms with Gasteiger partial charge >= 0.3 is 0 Å². The van der Waals surface area contributed by atoms with Crippen LogP contribution in [0, 0.1) is 10.1 Å². The number of nitrogens with one attached hydrogen (secondary N) is 1. The Morgan fingerprint density at radius 1 is 1.17 bits per heavy atom. The summed E-state index contributed by atoms with van der Waals surface area (Å²) < 4.78 is 1.37. The summed E-state index contributed by atoms with van der Waals surface area (Å²) in [5.41, 5.74) is 8.45. The van der Waals surface area contributed by atoms with Crippen LogP contribution in [0.2, 0.25) is 0 Å². The van der Waals surface area contributed by atoms with Crippen molar-refractivity contribution in [3.8, 4) is 16.1 Å². The lowest BCUT2D eigenvalue weighted by Gasteiger charge is -2.08. The van der Waals surface area contributed by atoms with Crippen LogP contribution in [0.25, 0.3) is 16.1 Å². The van der Waals surface area contributed by atoms with Crippen LogP contribution in [0.5, 0.6) is 0 Å². The van der Waals surface area contributed by atoms with Crippen molar-refractivity contribution in [3.05, 3.63) is 82.0 Å². The summed E-state index contributed by atoms with van der Waals surface area (Å²) in [6.07, 6.45) is 1.44. The van der Waals surface area contributed by atoms with E-state index >= 15 is 0 Å². The van der Waals surface area contributed by atoms with Crippen LogP contribution < -0.4 is 11.1 Å². The molecule has 29 heavy (non-hydrogen) atoms. The van der Waals surface area contributed by atoms with Gasteiger partial charge in [-0.2, -0.15) is 0 Å². The SMILES string of the molecule is Nc1ccc(-c2cccs2)cc1NC(=O)c1cn(-c2ccc([N+](=O)[O-])cc2)nn1. The fraction of sp³-hybridized carbons (Fsp3) is 0. The summed E-state index contributed by atoms with van der Waals surface area (Å²) in [7, 11) is 0. The molecule has 0 aliphatic rings. The number of nitrogens with two attached hydrogens (primary N) is 1. The van der Waals surface area contributed by atoms with Crippen molar-refractivity contribution in [2.75, 3.05) is 11.1 Å². The summed E-state index contributed by atoms with van der Waals surface area (Å²) >= 11 is 1.59. The fourth-order valence-corrected chi connectivity index (χ4v) is 3.39. The quantitative estimate of drug-likeness (QED) is 0.295. The van der Waals surface area contributed by atoms with Gasteiger partial charge in [0.05, 0.1) is 28.2 Å². The summed E-state index contributed by atoms with van der Waals surface area (Å²) in [5, 5.41) is 23.3. The molecule has 0 aliphatic heterocycles. The zero-order chi connectivity index (χ0) is 20.4. The van der Waals surface area contributed by atoms with Gasteiger partial charge in [-0.1, -0.05) is 17.3 Å². The Kier molecular flexibility index (Phi) is 4.75. The molecule has 3 N–H and O–H groups in total. The minimum absolute atomic E-state index is 0.0343. The molecule has 0 atom stereocenters. The number of benzene rings is 2. The maximum Gasteiger partial charge on any atom is 0.277 e. The van der Waals surface area contributed by atoms with Crippen molar-refractivity contribution in [2.24, 2.45) is 0 Å². The number of hydrogen-bond donors (Lipinski definition) is 2. The Hall–Kier alpha value is -4.05. The number of non-ortho nitro benzene ring substituents is 1. The molecule has 144 valence electrons. The first-order valence-corrected chi connectivity index (χ1v) is 9.31. The Balaban J connectivity index is 1.54. The predicted octanol–water partition coefficient (Wildman–Crippen LogP) is 3.74. The van der Waals surface area contributed by atoms with Gasteiger partial charge in [-0.3, -0.25) is 14.9 Å². The van der Waals surface area contributed by atoms with Gasteiger partial charge < -0.3 is 11.1 Å². The van der Waals surface area contributed by atoms with Gasteiger partial charge in [0.2, 0.25) is 0 Å². The van der Waals surface area contributed by atoms with Crippen LogP contribution in [0.1, 0.15) is 10.5 Å². The number of nitrogens with zero attached hydrogens (tertiary/aromatic N) is 4.